The number of aromatic nitrogens is 3. The molecule has 0 atom stereocenters. The minimum atomic E-state index is 0.623. The zero-order valence-electron chi connectivity index (χ0n) is 27.0. The average Bonchev–Trinajstić information content (AvgIpc) is 3.89. The summed E-state index contributed by atoms with van der Waals surface area (Å²) >= 11 is 3.64. The monoisotopic (exact) mass is 687 g/mol. The predicted octanol–water partition coefficient (Wildman–Crippen LogP) is 13.2. The normalized spacial score (nSPS) is 11.9. The van der Waals surface area contributed by atoms with Crippen molar-refractivity contribution in [2.75, 3.05) is 0 Å². The molecule has 238 valence electrons. The summed E-state index contributed by atoms with van der Waals surface area (Å²) in [6.07, 6.45) is 0. The third-order valence-electron chi connectivity index (χ3n) is 9.75. The van der Waals surface area contributed by atoms with Crippen LogP contribution < -0.4 is 0 Å². The molecule has 0 aliphatic heterocycles. The fourth-order valence-electron chi connectivity index (χ4n) is 7.36. The van der Waals surface area contributed by atoms with Crippen LogP contribution in [0.1, 0.15) is 0 Å². The van der Waals surface area contributed by atoms with Gasteiger partial charge in [0.15, 0.2) is 17.5 Å². The van der Waals surface area contributed by atoms with Gasteiger partial charge in [-0.3, -0.25) is 0 Å². The first kappa shape index (κ1) is 28.6. The second kappa shape index (κ2) is 11.2. The number of thiophene rings is 2. The molecule has 0 fully saturated rings. The van der Waals surface area contributed by atoms with Crippen molar-refractivity contribution < 1.29 is 4.42 Å². The second-order valence-electron chi connectivity index (χ2n) is 12.8. The van der Waals surface area contributed by atoms with Crippen LogP contribution in [-0.2, 0) is 0 Å². The molecule has 0 aliphatic rings. The van der Waals surface area contributed by atoms with Crippen molar-refractivity contribution in [3.05, 3.63) is 152 Å². The zero-order valence-corrected chi connectivity index (χ0v) is 28.6. The molecule has 11 rings (SSSR count). The van der Waals surface area contributed by atoms with Crippen molar-refractivity contribution in [2.45, 2.75) is 0 Å². The van der Waals surface area contributed by atoms with E-state index in [0.29, 0.717) is 17.5 Å². The van der Waals surface area contributed by atoms with Gasteiger partial charge in [0, 0.05) is 67.8 Å². The van der Waals surface area contributed by atoms with Crippen LogP contribution in [0, 0.1) is 0 Å². The molecule has 7 aromatic carbocycles. The lowest BCUT2D eigenvalue weighted by Crippen LogP contribution is -2.00. The lowest BCUT2D eigenvalue weighted by atomic mass is 10.00. The highest BCUT2D eigenvalue weighted by atomic mass is 32.1. The van der Waals surface area contributed by atoms with Gasteiger partial charge in [-0.25, -0.2) is 15.0 Å². The summed E-state index contributed by atoms with van der Waals surface area (Å²) in [5, 5.41) is 7.07. The van der Waals surface area contributed by atoms with Crippen molar-refractivity contribution in [1.82, 2.24) is 15.0 Å². The molecule has 0 amide bonds. The molecule has 4 nitrogen and oxygen atoms in total. The van der Waals surface area contributed by atoms with Crippen LogP contribution in [0.15, 0.2) is 156 Å². The van der Waals surface area contributed by atoms with E-state index in [4.69, 9.17) is 19.4 Å². The number of benzene rings is 7. The average molecular weight is 688 g/mol. The summed E-state index contributed by atoms with van der Waals surface area (Å²) in [6, 6.07) is 53.1. The molecule has 0 aliphatic carbocycles. The van der Waals surface area contributed by atoms with Crippen LogP contribution in [0.25, 0.3) is 108 Å². The standard InChI is InChI=1S/C45H25N3OS2/c1-2-10-26(11-3-1)43-46-44(48-45(47-43)33-16-9-19-40-41(33)32-13-5-7-18-39(32)50-40)28-21-23-37-35(25-28)34-24-27(20-22-36(34)49-37)29-14-8-15-31-30-12-4-6-17-38(30)51-42(29)31/h1-25H. The summed E-state index contributed by atoms with van der Waals surface area (Å²) in [5.41, 5.74) is 6.93. The second-order valence-corrected chi connectivity index (χ2v) is 14.9. The Morgan fingerprint density at radius 3 is 1.78 bits per heavy atom. The topological polar surface area (TPSA) is 51.8 Å². The van der Waals surface area contributed by atoms with E-state index in [1.54, 1.807) is 11.3 Å². The van der Waals surface area contributed by atoms with Gasteiger partial charge >= 0.3 is 0 Å². The zero-order chi connectivity index (χ0) is 33.5. The Labute approximate surface area is 299 Å². The quantitative estimate of drug-likeness (QED) is 0.185. The van der Waals surface area contributed by atoms with Crippen LogP contribution in [0.5, 0.6) is 0 Å². The molecule has 0 spiro atoms. The van der Waals surface area contributed by atoms with Gasteiger partial charge < -0.3 is 4.42 Å². The maximum atomic E-state index is 6.39. The van der Waals surface area contributed by atoms with Crippen molar-refractivity contribution >= 4 is 85.0 Å². The largest absolute Gasteiger partial charge is 0.456 e. The van der Waals surface area contributed by atoms with Crippen LogP contribution in [-0.4, -0.2) is 15.0 Å². The SMILES string of the molecule is c1ccc(-c2nc(-c3ccc4oc5ccc(-c6cccc7c6sc6ccccc67)cc5c4c3)nc(-c3cccc4sc5ccccc5c34)n2)cc1. The Morgan fingerprint density at radius 1 is 0.373 bits per heavy atom. The fourth-order valence-corrected chi connectivity index (χ4v) is 9.73. The Balaban J connectivity index is 1.10. The van der Waals surface area contributed by atoms with Gasteiger partial charge in [-0.1, -0.05) is 103 Å². The van der Waals surface area contributed by atoms with Crippen LogP contribution in [0.4, 0.5) is 0 Å². The number of rotatable bonds is 4. The van der Waals surface area contributed by atoms with E-state index < -0.39 is 0 Å². The Bertz CT molecular complexity index is 3160. The summed E-state index contributed by atoms with van der Waals surface area (Å²) in [6.45, 7) is 0. The van der Waals surface area contributed by atoms with E-state index in [1.165, 1.54) is 45.9 Å². The Morgan fingerprint density at radius 2 is 0.961 bits per heavy atom. The molecule has 11 aromatic rings. The van der Waals surface area contributed by atoms with Gasteiger partial charge in [-0.15, -0.1) is 22.7 Å². The first-order valence-corrected chi connectivity index (χ1v) is 18.5. The third-order valence-corrected chi connectivity index (χ3v) is 12.1. The van der Waals surface area contributed by atoms with E-state index in [0.717, 1.165) is 44.2 Å². The highest BCUT2D eigenvalue weighted by Gasteiger charge is 2.19. The Kier molecular flexibility index (Phi) is 6.26. The van der Waals surface area contributed by atoms with Gasteiger partial charge in [-0.05, 0) is 59.7 Å². The summed E-state index contributed by atoms with van der Waals surface area (Å²) in [4.78, 5) is 15.3. The van der Waals surface area contributed by atoms with Crippen molar-refractivity contribution in [3.63, 3.8) is 0 Å². The van der Waals surface area contributed by atoms with Crippen LogP contribution >= 0.6 is 22.7 Å². The van der Waals surface area contributed by atoms with Gasteiger partial charge in [0.1, 0.15) is 11.2 Å². The molecule has 4 heterocycles. The van der Waals surface area contributed by atoms with E-state index in [9.17, 15) is 0 Å². The molecule has 0 saturated carbocycles. The van der Waals surface area contributed by atoms with Gasteiger partial charge in [0.25, 0.3) is 0 Å². The van der Waals surface area contributed by atoms with Crippen LogP contribution in [0.2, 0.25) is 0 Å². The molecule has 0 saturated heterocycles. The van der Waals surface area contributed by atoms with E-state index in [-0.39, 0.29) is 0 Å². The number of hydrogen-bond acceptors (Lipinski definition) is 6. The predicted molar refractivity (Wildman–Crippen MR) is 215 cm³/mol. The summed E-state index contributed by atoms with van der Waals surface area (Å²) < 4.78 is 11.4. The van der Waals surface area contributed by atoms with Gasteiger partial charge in [-0.2, -0.15) is 0 Å². The van der Waals surface area contributed by atoms with Crippen LogP contribution in [0.3, 0.4) is 0 Å². The molecule has 4 aromatic heterocycles. The fraction of sp³-hybridized carbons (Fsp3) is 0. The molecule has 0 unspecified atom stereocenters. The first-order chi connectivity index (χ1) is 25.2. The van der Waals surface area contributed by atoms with Crippen molar-refractivity contribution in [2.24, 2.45) is 0 Å². The van der Waals surface area contributed by atoms with Gasteiger partial charge in [0.2, 0.25) is 0 Å². The molecular formula is C45H25N3OS2. The summed E-state index contributed by atoms with van der Waals surface area (Å²) in [5.74, 6) is 1.92. The van der Waals surface area contributed by atoms with Gasteiger partial charge in [0.05, 0.1) is 0 Å². The number of nitrogens with zero attached hydrogens (tertiary/aromatic N) is 3. The van der Waals surface area contributed by atoms with E-state index >= 15 is 0 Å². The highest BCUT2D eigenvalue weighted by molar-refractivity contribution is 7.26. The molecule has 6 heteroatoms. The minimum Gasteiger partial charge on any atom is -0.456 e. The molecule has 0 bridgehead atoms. The smallest absolute Gasteiger partial charge is 0.164 e. The maximum absolute atomic E-state index is 6.39. The van der Waals surface area contributed by atoms with Crippen molar-refractivity contribution in [1.29, 1.82) is 0 Å². The molecular weight excluding hydrogens is 663 g/mol. The first-order valence-electron chi connectivity index (χ1n) is 16.8. The number of furan rings is 1. The lowest BCUT2D eigenvalue weighted by Gasteiger charge is -2.09. The molecule has 0 N–H and O–H groups in total. The Hall–Kier alpha value is -6.21. The minimum absolute atomic E-state index is 0.623. The number of fused-ring (bicyclic) bond motifs is 9. The number of hydrogen-bond donors (Lipinski definition) is 0. The third kappa shape index (κ3) is 4.54. The van der Waals surface area contributed by atoms with Crippen molar-refractivity contribution in [3.8, 4) is 45.3 Å². The highest BCUT2D eigenvalue weighted by Crippen LogP contribution is 2.43. The summed E-state index contributed by atoms with van der Waals surface area (Å²) in [7, 11) is 0. The molecule has 0 radical (unpaired) electrons. The van der Waals surface area contributed by atoms with E-state index in [2.05, 4.69) is 127 Å². The maximum Gasteiger partial charge on any atom is 0.164 e. The lowest BCUT2D eigenvalue weighted by molar-refractivity contribution is 0.669. The van der Waals surface area contributed by atoms with E-state index in [1.807, 2.05) is 35.6 Å². The molecule has 51 heavy (non-hydrogen) atoms.